The zero-order valence-corrected chi connectivity index (χ0v) is 19.7. The molecule has 1 atom stereocenters. The van der Waals surface area contributed by atoms with Crippen molar-refractivity contribution in [2.24, 2.45) is 10.9 Å². The van der Waals surface area contributed by atoms with Gasteiger partial charge in [0.1, 0.15) is 0 Å². The summed E-state index contributed by atoms with van der Waals surface area (Å²) < 4.78 is 12.6. The highest BCUT2D eigenvalue weighted by Crippen LogP contribution is 2.22. The summed E-state index contributed by atoms with van der Waals surface area (Å²) in [5, 5.41) is 0.572. The maximum atomic E-state index is 13.4. The van der Waals surface area contributed by atoms with Gasteiger partial charge in [-0.25, -0.2) is 19.1 Å². The van der Waals surface area contributed by atoms with Crippen LogP contribution in [-0.2, 0) is 40.4 Å². The molecule has 0 spiro atoms. The Labute approximate surface area is 200 Å². The molecule has 2 heterocycles. The van der Waals surface area contributed by atoms with Gasteiger partial charge in [0.25, 0.3) is 0 Å². The summed E-state index contributed by atoms with van der Waals surface area (Å²) >= 11 is 6.00. The maximum Gasteiger partial charge on any atom is 0.335 e. The second-order valence-electron chi connectivity index (χ2n) is 8.15. The second-order valence-corrected chi connectivity index (χ2v) is 8.59. The number of carbonyl (C=O) groups excluding carboxylic acids is 1. The zero-order chi connectivity index (χ0) is 24.2. The van der Waals surface area contributed by atoms with E-state index in [4.69, 9.17) is 21.1 Å². The summed E-state index contributed by atoms with van der Waals surface area (Å²) in [5.74, 6) is -1.19. The van der Waals surface area contributed by atoms with Crippen molar-refractivity contribution in [3.8, 4) is 0 Å². The molecule has 4 rings (SSSR count). The van der Waals surface area contributed by atoms with Gasteiger partial charge in [-0.2, -0.15) is 0 Å². The fourth-order valence-electron chi connectivity index (χ4n) is 3.81. The fourth-order valence-corrected chi connectivity index (χ4v) is 3.94. The van der Waals surface area contributed by atoms with Gasteiger partial charge < -0.3 is 9.47 Å². The van der Waals surface area contributed by atoms with Crippen molar-refractivity contribution in [1.82, 2.24) is 14.1 Å². The van der Waals surface area contributed by atoms with Crippen LogP contribution in [0.2, 0.25) is 5.02 Å². The molecule has 0 saturated heterocycles. The van der Waals surface area contributed by atoms with E-state index in [0.29, 0.717) is 23.9 Å². The number of nitrogens with one attached hydrogen (secondary N) is 1. The summed E-state index contributed by atoms with van der Waals surface area (Å²) in [6.45, 7) is 2.81. The quantitative estimate of drug-likeness (QED) is 0.539. The Bertz CT molecular complexity index is 1390. The minimum Gasteiger partial charge on any atom is -0.469 e. The van der Waals surface area contributed by atoms with Gasteiger partial charge in [-0.3, -0.25) is 14.3 Å². The molecule has 178 valence electrons. The van der Waals surface area contributed by atoms with Gasteiger partial charge in [-0.05, 0) is 47.4 Å². The first-order chi connectivity index (χ1) is 16.4. The van der Waals surface area contributed by atoms with Crippen LogP contribution in [0.15, 0.2) is 57.0 Å². The fraction of sp³-hybridized carbons (Fsp3) is 0.333. The Morgan fingerprint density at radius 2 is 1.94 bits per heavy atom. The van der Waals surface area contributed by atoms with E-state index < -0.39 is 23.3 Å². The molecule has 1 aliphatic heterocycles. The van der Waals surface area contributed by atoms with Gasteiger partial charge in [0.15, 0.2) is 0 Å². The van der Waals surface area contributed by atoms with Crippen LogP contribution >= 0.6 is 11.6 Å². The number of aromatic amines is 1. The number of halogens is 1. The van der Waals surface area contributed by atoms with Gasteiger partial charge in [0.2, 0.25) is 5.62 Å². The molecule has 2 aromatic carbocycles. The highest BCUT2D eigenvalue weighted by molar-refractivity contribution is 6.30. The summed E-state index contributed by atoms with van der Waals surface area (Å²) in [6, 6.07) is 12.7. The lowest BCUT2D eigenvalue weighted by molar-refractivity contribution is -0.145. The molecule has 0 unspecified atom stereocenters. The maximum absolute atomic E-state index is 13.4. The number of rotatable bonds is 6. The van der Waals surface area contributed by atoms with Crippen molar-refractivity contribution >= 4 is 23.3 Å². The van der Waals surface area contributed by atoms with Crippen LogP contribution in [-0.4, -0.2) is 33.8 Å². The number of fused-ring (bicyclic) bond motifs is 1. The number of nitrogens with zero attached hydrogens (tertiary/aromatic N) is 3. The van der Waals surface area contributed by atoms with E-state index in [9.17, 15) is 14.4 Å². The summed E-state index contributed by atoms with van der Waals surface area (Å²) in [4.78, 5) is 45.4. The lowest BCUT2D eigenvalue weighted by atomic mass is 10.0. The van der Waals surface area contributed by atoms with Crippen LogP contribution in [0.4, 0.5) is 5.69 Å². The van der Waals surface area contributed by atoms with Crippen LogP contribution in [0.25, 0.3) is 0 Å². The van der Waals surface area contributed by atoms with Crippen molar-refractivity contribution in [3.63, 3.8) is 0 Å². The number of hydrogen-bond acceptors (Lipinski definition) is 6. The molecule has 10 heteroatoms. The van der Waals surface area contributed by atoms with E-state index >= 15 is 0 Å². The van der Waals surface area contributed by atoms with Crippen molar-refractivity contribution in [3.05, 3.63) is 90.8 Å². The standard InChI is InChI=1S/C24H25ClN4O5/c1-15(21(30)33-2)12-29-23(31)27-22(26-20-8-5-18-14-34-10-9-17(18)11-20)28(24(29)32)13-16-3-6-19(25)7-4-16/h3-8,11,15H,9-10,12-14H2,1-2H3,(H,26,27,31)/t15-/m0/s1. The van der Waals surface area contributed by atoms with Gasteiger partial charge in [0.05, 0.1) is 38.5 Å². The number of ether oxygens (including phenoxy) is 2. The molecule has 0 bridgehead atoms. The third-order valence-electron chi connectivity index (χ3n) is 5.69. The lowest BCUT2D eigenvalue weighted by Crippen LogP contribution is -2.51. The Hall–Kier alpha value is -3.43. The summed E-state index contributed by atoms with van der Waals surface area (Å²) in [5.41, 5.74) is 2.50. The minimum absolute atomic E-state index is 0.110. The lowest BCUT2D eigenvalue weighted by Gasteiger charge is -2.16. The summed E-state index contributed by atoms with van der Waals surface area (Å²) in [6.07, 6.45) is 0.771. The van der Waals surface area contributed by atoms with E-state index in [1.54, 1.807) is 31.2 Å². The molecule has 0 amide bonds. The number of H-pyrrole nitrogens is 1. The number of aromatic nitrogens is 3. The van der Waals surface area contributed by atoms with Gasteiger partial charge in [0, 0.05) is 11.6 Å². The smallest absolute Gasteiger partial charge is 0.335 e. The van der Waals surface area contributed by atoms with Gasteiger partial charge in [-0.1, -0.05) is 36.7 Å². The number of hydrogen-bond donors (Lipinski definition) is 1. The van der Waals surface area contributed by atoms with E-state index in [2.05, 4.69) is 9.98 Å². The topological polar surface area (TPSA) is 108 Å². The third kappa shape index (κ3) is 5.21. The highest BCUT2D eigenvalue weighted by Gasteiger charge is 2.18. The monoisotopic (exact) mass is 484 g/mol. The Kier molecular flexibility index (Phi) is 7.14. The molecule has 3 aromatic rings. The predicted octanol–water partition coefficient (Wildman–Crippen LogP) is 2.15. The number of carbonyl (C=O) groups is 1. The van der Waals surface area contributed by atoms with Crippen LogP contribution in [0.1, 0.15) is 23.6 Å². The van der Waals surface area contributed by atoms with Gasteiger partial charge in [-0.15, -0.1) is 0 Å². The third-order valence-corrected chi connectivity index (χ3v) is 5.95. The van der Waals surface area contributed by atoms with Crippen LogP contribution < -0.4 is 17.0 Å². The zero-order valence-electron chi connectivity index (χ0n) is 18.9. The molecule has 0 aliphatic carbocycles. The average Bonchev–Trinajstić information content (AvgIpc) is 2.84. The number of esters is 1. The normalized spacial score (nSPS) is 14.5. The SMILES string of the molecule is COC(=O)[C@@H](C)Cn1c(=O)[nH]/c(=N\c2ccc3c(c2)CCOC3)n(Cc2ccc(Cl)cc2)c1=O. The van der Waals surface area contributed by atoms with E-state index in [0.717, 1.165) is 27.7 Å². The van der Waals surface area contributed by atoms with Crippen LogP contribution in [0.5, 0.6) is 0 Å². The molecule has 0 fully saturated rings. The molecular formula is C24H25ClN4O5. The minimum atomic E-state index is -0.682. The largest absolute Gasteiger partial charge is 0.469 e. The molecule has 9 nitrogen and oxygen atoms in total. The Morgan fingerprint density at radius 1 is 1.18 bits per heavy atom. The molecule has 1 N–H and O–H groups in total. The van der Waals surface area contributed by atoms with E-state index in [-0.39, 0.29) is 18.7 Å². The molecule has 0 saturated carbocycles. The average molecular weight is 485 g/mol. The molecule has 1 aliphatic rings. The predicted molar refractivity (Wildman–Crippen MR) is 126 cm³/mol. The van der Waals surface area contributed by atoms with E-state index in [1.165, 1.54) is 11.7 Å². The molecule has 1 aromatic heterocycles. The van der Waals surface area contributed by atoms with Crippen LogP contribution in [0, 0.1) is 5.92 Å². The first-order valence-corrected chi connectivity index (χ1v) is 11.2. The highest BCUT2D eigenvalue weighted by atomic mass is 35.5. The second kappa shape index (κ2) is 10.2. The van der Waals surface area contributed by atoms with Crippen molar-refractivity contribution in [2.75, 3.05) is 13.7 Å². The first-order valence-electron chi connectivity index (χ1n) is 10.9. The Balaban J connectivity index is 1.83. The van der Waals surface area contributed by atoms with Crippen molar-refractivity contribution < 1.29 is 14.3 Å². The van der Waals surface area contributed by atoms with E-state index in [1.807, 2.05) is 18.2 Å². The number of methoxy groups -OCH3 is 1. The number of benzene rings is 2. The molecule has 34 heavy (non-hydrogen) atoms. The van der Waals surface area contributed by atoms with Crippen molar-refractivity contribution in [2.45, 2.75) is 33.0 Å². The van der Waals surface area contributed by atoms with Crippen LogP contribution in [0.3, 0.4) is 0 Å². The summed E-state index contributed by atoms with van der Waals surface area (Å²) in [7, 11) is 1.26. The van der Waals surface area contributed by atoms with Crippen molar-refractivity contribution in [1.29, 1.82) is 0 Å². The van der Waals surface area contributed by atoms with Gasteiger partial charge >= 0.3 is 17.3 Å². The first kappa shape index (κ1) is 23.7. The molecule has 0 radical (unpaired) electrons. The Morgan fingerprint density at radius 3 is 2.68 bits per heavy atom. The molecular weight excluding hydrogens is 460 g/mol.